The molecule has 0 spiro atoms. The second-order valence-electron chi connectivity index (χ2n) is 4.93. The topological polar surface area (TPSA) is 87.7 Å². The van der Waals surface area contributed by atoms with Gasteiger partial charge in [-0.05, 0) is 31.4 Å². The number of methoxy groups -OCH3 is 1. The van der Waals surface area contributed by atoms with Crippen molar-refractivity contribution < 1.29 is 19.4 Å². The first-order valence-electron chi connectivity index (χ1n) is 6.44. The Morgan fingerprint density at radius 2 is 2.05 bits per heavy atom. The van der Waals surface area contributed by atoms with E-state index in [4.69, 9.17) is 9.84 Å². The van der Waals surface area contributed by atoms with E-state index in [1.54, 1.807) is 26.2 Å². The summed E-state index contributed by atoms with van der Waals surface area (Å²) in [7, 11) is 1.65. The van der Waals surface area contributed by atoms with Crippen LogP contribution < -0.4 is 10.6 Å². The maximum absolute atomic E-state index is 11.9. The van der Waals surface area contributed by atoms with E-state index in [0.29, 0.717) is 11.3 Å². The van der Waals surface area contributed by atoms with Crippen LogP contribution in [0.25, 0.3) is 0 Å². The average Bonchev–Trinajstić information content (AvgIpc) is 2.35. The summed E-state index contributed by atoms with van der Waals surface area (Å²) in [6.45, 7) is 1.76. The lowest BCUT2D eigenvalue weighted by Crippen LogP contribution is -2.48. The van der Waals surface area contributed by atoms with Crippen LogP contribution in [0.15, 0.2) is 18.2 Å². The first-order valence-corrected chi connectivity index (χ1v) is 6.44. The van der Waals surface area contributed by atoms with Gasteiger partial charge in [0.25, 0.3) is 0 Å². The molecule has 0 unspecified atom stereocenters. The van der Waals surface area contributed by atoms with Gasteiger partial charge < -0.3 is 20.5 Å². The van der Waals surface area contributed by atoms with Crippen LogP contribution in [-0.2, 0) is 4.74 Å². The Balaban J connectivity index is 1.99. The van der Waals surface area contributed by atoms with Gasteiger partial charge in [0.1, 0.15) is 0 Å². The molecule has 0 saturated heterocycles. The van der Waals surface area contributed by atoms with E-state index in [1.807, 2.05) is 0 Å². The lowest BCUT2D eigenvalue weighted by molar-refractivity contribution is 0.0210. The summed E-state index contributed by atoms with van der Waals surface area (Å²) in [5, 5.41) is 14.5. The van der Waals surface area contributed by atoms with Gasteiger partial charge in [-0.1, -0.05) is 12.1 Å². The third-order valence-electron chi connectivity index (χ3n) is 3.51. The molecule has 1 aliphatic rings. The molecule has 2 amide bonds. The number of aryl methyl sites for hydroxylation is 1. The van der Waals surface area contributed by atoms with E-state index in [-0.39, 0.29) is 23.7 Å². The quantitative estimate of drug-likeness (QED) is 0.786. The summed E-state index contributed by atoms with van der Waals surface area (Å²) in [5.74, 6) is -1.06. The Bertz CT molecular complexity index is 524. The van der Waals surface area contributed by atoms with E-state index >= 15 is 0 Å². The summed E-state index contributed by atoms with van der Waals surface area (Å²) in [5.41, 5.74) is 1.13. The number of aromatic carboxylic acids is 1. The van der Waals surface area contributed by atoms with Crippen molar-refractivity contribution in [2.24, 2.45) is 0 Å². The van der Waals surface area contributed by atoms with Crippen molar-refractivity contribution >= 4 is 17.7 Å². The summed E-state index contributed by atoms with van der Waals surface area (Å²) in [6.07, 6.45) is 1.76. The van der Waals surface area contributed by atoms with Crippen LogP contribution in [-0.4, -0.2) is 36.4 Å². The van der Waals surface area contributed by atoms with Gasteiger partial charge in [0.15, 0.2) is 0 Å². The third kappa shape index (κ3) is 3.08. The zero-order valence-corrected chi connectivity index (χ0v) is 11.5. The molecule has 1 aliphatic carbocycles. The van der Waals surface area contributed by atoms with Crippen LogP contribution in [0.5, 0.6) is 0 Å². The number of amides is 2. The average molecular weight is 278 g/mol. The molecule has 0 radical (unpaired) electrons. The lowest BCUT2D eigenvalue weighted by Gasteiger charge is -2.34. The number of benzene rings is 1. The van der Waals surface area contributed by atoms with Gasteiger partial charge in [0.2, 0.25) is 0 Å². The van der Waals surface area contributed by atoms with Gasteiger partial charge in [0, 0.05) is 13.2 Å². The molecule has 1 aromatic carbocycles. The number of para-hydroxylation sites is 1. The van der Waals surface area contributed by atoms with E-state index in [2.05, 4.69) is 10.6 Å². The summed E-state index contributed by atoms with van der Waals surface area (Å²) in [4.78, 5) is 23.0. The first kappa shape index (κ1) is 14.3. The number of ether oxygens (including phenoxy) is 1. The van der Waals surface area contributed by atoms with Gasteiger partial charge in [0.05, 0.1) is 17.4 Å². The smallest absolute Gasteiger partial charge is 0.337 e. The van der Waals surface area contributed by atoms with Crippen LogP contribution in [0.1, 0.15) is 28.8 Å². The highest BCUT2D eigenvalue weighted by atomic mass is 16.5. The molecule has 0 aliphatic heterocycles. The SMILES string of the molecule is COC1CC(NC(=O)Nc2c(C)cccc2C(=O)O)C1. The molecule has 20 heavy (non-hydrogen) atoms. The van der Waals surface area contributed by atoms with Crippen molar-refractivity contribution in [1.29, 1.82) is 0 Å². The van der Waals surface area contributed by atoms with Gasteiger partial charge in [-0.2, -0.15) is 0 Å². The number of carbonyl (C=O) groups excluding carboxylic acids is 1. The zero-order valence-electron chi connectivity index (χ0n) is 11.5. The minimum atomic E-state index is -1.06. The molecule has 0 heterocycles. The van der Waals surface area contributed by atoms with Crippen molar-refractivity contribution in [2.75, 3.05) is 12.4 Å². The minimum absolute atomic E-state index is 0.0808. The Hall–Kier alpha value is -2.08. The maximum atomic E-state index is 11.9. The summed E-state index contributed by atoms with van der Waals surface area (Å²) < 4.78 is 5.14. The van der Waals surface area contributed by atoms with E-state index in [1.165, 1.54) is 6.07 Å². The second-order valence-corrected chi connectivity index (χ2v) is 4.93. The number of rotatable bonds is 4. The Labute approximate surface area is 117 Å². The van der Waals surface area contributed by atoms with E-state index in [9.17, 15) is 9.59 Å². The Morgan fingerprint density at radius 1 is 1.35 bits per heavy atom. The number of nitrogens with one attached hydrogen (secondary N) is 2. The fourth-order valence-electron chi connectivity index (χ4n) is 2.22. The minimum Gasteiger partial charge on any atom is -0.478 e. The molecule has 2 rings (SSSR count). The van der Waals surface area contributed by atoms with Crippen molar-refractivity contribution in [2.45, 2.75) is 31.9 Å². The number of anilines is 1. The Morgan fingerprint density at radius 3 is 2.65 bits per heavy atom. The molecule has 0 aromatic heterocycles. The van der Waals surface area contributed by atoms with Crippen molar-refractivity contribution in [3.63, 3.8) is 0 Å². The van der Waals surface area contributed by atoms with Crippen LogP contribution in [0, 0.1) is 6.92 Å². The number of urea groups is 1. The fraction of sp³-hybridized carbons (Fsp3) is 0.429. The molecule has 1 fully saturated rings. The van der Waals surface area contributed by atoms with E-state index < -0.39 is 5.97 Å². The number of carboxylic acid groups (broad SMARTS) is 1. The molecule has 0 bridgehead atoms. The third-order valence-corrected chi connectivity index (χ3v) is 3.51. The molecule has 1 saturated carbocycles. The Kier molecular flexibility index (Phi) is 4.24. The number of carboxylic acids is 1. The molecule has 3 N–H and O–H groups in total. The lowest BCUT2D eigenvalue weighted by atomic mass is 9.89. The van der Waals surface area contributed by atoms with Crippen LogP contribution >= 0.6 is 0 Å². The summed E-state index contributed by atoms with van der Waals surface area (Å²) >= 11 is 0. The van der Waals surface area contributed by atoms with Crippen LogP contribution in [0.4, 0.5) is 10.5 Å². The number of hydrogen-bond donors (Lipinski definition) is 3. The molecule has 6 heteroatoms. The van der Waals surface area contributed by atoms with Gasteiger partial charge in [-0.3, -0.25) is 0 Å². The number of hydrogen-bond acceptors (Lipinski definition) is 3. The molecule has 108 valence electrons. The largest absolute Gasteiger partial charge is 0.478 e. The molecule has 6 nitrogen and oxygen atoms in total. The maximum Gasteiger partial charge on any atom is 0.337 e. The van der Waals surface area contributed by atoms with Crippen molar-refractivity contribution in [1.82, 2.24) is 5.32 Å². The van der Waals surface area contributed by atoms with Gasteiger partial charge in [-0.25, -0.2) is 9.59 Å². The molecule has 1 aromatic rings. The standard InChI is InChI=1S/C14H18N2O4/c1-8-4-3-5-11(13(17)18)12(8)16-14(19)15-9-6-10(7-9)20-2/h3-5,9-10H,6-7H2,1-2H3,(H,17,18)(H2,15,16,19). The highest BCUT2D eigenvalue weighted by Crippen LogP contribution is 2.24. The second kappa shape index (κ2) is 5.92. The molecule has 0 atom stereocenters. The zero-order chi connectivity index (χ0) is 14.7. The highest BCUT2D eigenvalue weighted by Gasteiger charge is 2.30. The molecular weight excluding hydrogens is 260 g/mol. The predicted octanol–water partition coefficient (Wildman–Crippen LogP) is 1.99. The highest BCUT2D eigenvalue weighted by molar-refractivity contribution is 6.01. The summed E-state index contributed by atoms with van der Waals surface area (Å²) in [6, 6.07) is 4.57. The van der Waals surface area contributed by atoms with Crippen LogP contribution in [0.3, 0.4) is 0 Å². The fourth-order valence-corrected chi connectivity index (χ4v) is 2.22. The normalized spacial score (nSPS) is 20.9. The monoisotopic (exact) mass is 278 g/mol. The number of carbonyl (C=O) groups is 2. The predicted molar refractivity (Wildman–Crippen MR) is 74.1 cm³/mol. The molecular formula is C14H18N2O4. The first-order chi connectivity index (χ1) is 9.51. The van der Waals surface area contributed by atoms with Crippen molar-refractivity contribution in [3.05, 3.63) is 29.3 Å². The van der Waals surface area contributed by atoms with Gasteiger partial charge >= 0.3 is 12.0 Å². The van der Waals surface area contributed by atoms with E-state index in [0.717, 1.165) is 12.8 Å². The van der Waals surface area contributed by atoms with Crippen molar-refractivity contribution in [3.8, 4) is 0 Å². The van der Waals surface area contributed by atoms with Gasteiger partial charge in [-0.15, -0.1) is 0 Å². The van der Waals surface area contributed by atoms with Crippen LogP contribution in [0.2, 0.25) is 0 Å².